The van der Waals surface area contributed by atoms with Crippen molar-refractivity contribution >= 4 is 21.6 Å². The van der Waals surface area contributed by atoms with Crippen molar-refractivity contribution in [3.05, 3.63) is 59.2 Å². The molecule has 6 nitrogen and oxygen atoms in total. The third kappa shape index (κ3) is 3.24. The Hall–Kier alpha value is -2.85. The van der Waals surface area contributed by atoms with Gasteiger partial charge in [-0.05, 0) is 37.3 Å². The molecule has 112 valence electrons. The zero-order valence-corrected chi connectivity index (χ0v) is 12.5. The molecule has 0 heterocycles. The quantitative estimate of drug-likeness (QED) is 0.895. The molecule has 0 fully saturated rings. The van der Waals surface area contributed by atoms with Gasteiger partial charge < -0.3 is 5.73 Å². The second-order valence-electron chi connectivity index (χ2n) is 4.65. The van der Waals surface area contributed by atoms with Crippen LogP contribution in [0.3, 0.4) is 0 Å². The van der Waals surface area contributed by atoms with Crippen molar-refractivity contribution in [3.8, 4) is 6.07 Å². The number of nitrogens with two attached hydrogens (primary N) is 1. The highest BCUT2D eigenvalue weighted by Gasteiger charge is 2.18. The molecule has 2 rings (SSSR count). The van der Waals surface area contributed by atoms with Gasteiger partial charge in [0.25, 0.3) is 15.9 Å². The summed E-state index contributed by atoms with van der Waals surface area (Å²) in [5.41, 5.74) is 6.35. The van der Waals surface area contributed by atoms with Gasteiger partial charge in [0.2, 0.25) is 0 Å². The number of nitrogens with one attached hydrogen (secondary N) is 1. The highest BCUT2D eigenvalue weighted by molar-refractivity contribution is 7.92. The summed E-state index contributed by atoms with van der Waals surface area (Å²) in [5.74, 6) is -0.821. The van der Waals surface area contributed by atoms with Crippen LogP contribution in [-0.4, -0.2) is 14.3 Å². The second-order valence-corrected chi connectivity index (χ2v) is 6.34. The van der Waals surface area contributed by atoms with Gasteiger partial charge in [-0.15, -0.1) is 0 Å². The predicted octanol–water partition coefficient (Wildman–Crippen LogP) is 1.77. The molecule has 2 aromatic carbocycles. The Morgan fingerprint density at radius 2 is 1.82 bits per heavy atom. The topological polar surface area (TPSA) is 113 Å². The number of primary amides is 1. The molecule has 0 unspecified atom stereocenters. The summed E-state index contributed by atoms with van der Waals surface area (Å²) in [5, 5.41) is 8.83. The molecule has 0 aliphatic rings. The van der Waals surface area contributed by atoms with Gasteiger partial charge in [-0.3, -0.25) is 9.52 Å². The summed E-state index contributed by atoms with van der Waals surface area (Å²) in [4.78, 5) is 11.5. The van der Waals surface area contributed by atoms with E-state index < -0.39 is 15.9 Å². The lowest BCUT2D eigenvalue weighted by molar-refractivity contribution is 0.100. The maximum Gasteiger partial charge on any atom is 0.261 e. The minimum absolute atomic E-state index is 0.0343. The van der Waals surface area contributed by atoms with Crippen LogP contribution in [-0.2, 0) is 10.0 Å². The summed E-state index contributed by atoms with van der Waals surface area (Å²) >= 11 is 0. The largest absolute Gasteiger partial charge is 0.366 e. The van der Waals surface area contributed by atoms with E-state index in [9.17, 15) is 13.2 Å². The molecule has 0 atom stereocenters. The number of sulfonamides is 1. The Labute approximate surface area is 128 Å². The highest BCUT2D eigenvalue weighted by Crippen LogP contribution is 2.21. The van der Waals surface area contributed by atoms with Crippen LogP contribution in [0, 0.1) is 18.3 Å². The van der Waals surface area contributed by atoms with Gasteiger partial charge in [-0.2, -0.15) is 5.26 Å². The maximum atomic E-state index is 12.3. The van der Waals surface area contributed by atoms with Gasteiger partial charge in [0.15, 0.2) is 0 Å². The first-order valence-electron chi connectivity index (χ1n) is 6.27. The summed E-state index contributed by atoms with van der Waals surface area (Å²) < 4.78 is 26.9. The Balaban J connectivity index is 2.44. The van der Waals surface area contributed by atoms with Gasteiger partial charge in [-0.25, -0.2) is 8.42 Å². The van der Waals surface area contributed by atoms with Crippen LogP contribution in [0.15, 0.2) is 47.4 Å². The van der Waals surface area contributed by atoms with Crippen molar-refractivity contribution in [3.63, 3.8) is 0 Å². The molecule has 0 bridgehead atoms. The van der Waals surface area contributed by atoms with Crippen molar-refractivity contribution in [1.29, 1.82) is 5.26 Å². The summed E-state index contributed by atoms with van der Waals surface area (Å²) in [6.07, 6.45) is 0. The lowest BCUT2D eigenvalue weighted by atomic mass is 10.1. The van der Waals surface area contributed by atoms with Gasteiger partial charge >= 0.3 is 0 Å². The average Bonchev–Trinajstić information content (AvgIpc) is 2.47. The normalized spacial score (nSPS) is 10.7. The first-order valence-corrected chi connectivity index (χ1v) is 7.75. The minimum atomic E-state index is -3.85. The molecular formula is C15H13N3O3S. The number of nitrogens with zero attached hydrogens (tertiary/aromatic N) is 1. The van der Waals surface area contributed by atoms with E-state index in [-0.39, 0.29) is 21.7 Å². The van der Waals surface area contributed by atoms with Gasteiger partial charge in [0, 0.05) is 0 Å². The first-order chi connectivity index (χ1) is 10.3. The maximum absolute atomic E-state index is 12.3. The van der Waals surface area contributed by atoms with E-state index >= 15 is 0 Å². The molecule has 22 heavy (non-hydrogen) atoms. The monoisotopic (exact) mass is 315 g/mol. The molecule has 0 saturated heterocycles. The standard InChI is InChI=1S/C15H13N3O3S/c1-10-2-5-12(6-3-10)22(20,21)18-14-7-4-11(9-16)8-13(14)15(17)19/h2-8,18H,1H3,(H2,17,19). The lowest BCUT2D eigenvalue weighted by Crippen LogP contribution is -2.18. The minimum Gasteiger partial charge on any atom is -0.366 e. The van der Waals surface area contributed by atoms with E-state index in [1.54, 1.807) is 12.1 Å². The fraction of sp³-hybridized carbons (Fsp3) is 0.0667. The molecule has 0 aliphatic heterocycles. The number of carbonyl (C=O) groups is 1. The molecule has 0 spiro atoms. The molecule has 2 aromatic rings. The van der Waals surface area contributed by atoms with E-state index in [1.165, 1.54) is 30.3 Å². The number of nitriles is 1. The van der Waals surface area contributed by atoms with Crippen LogP contribution in [0.1, 0.15) is 21.5 Å². The van der Waals surface area contributed by atoms with Crippen molar-refractivity contribution in [2.75, 3.05) is 4.72 Å². The molecule has 3 N–H and O–H groups in total. The zero-order chi connectivity index (χ0) is 16.3. The summed E-state index contributed by atoms with van der Waals surface area (Å²) in [6, 6.07) is 12.1. The molecule has 1 amide bonds. The fourth-order valence-electron chi connectivity index (χ4n) is 1.83. The average molecular weight is 315 g/mol. The van der Waals surface area contributed by atoms with Gasteiger partial charge in [-0.1, -0.05) is 17.7 Å². The van der Waals surface area contributed by atoms with E-state index in [0.29, 0.717) is 0 Å². The van der Waals surface area contributed by atoms with Crippen LogP contribution < -0.4 is 10.5 Å². The van der Waals surface area contributed by atoms with Crippen LogP contribution in [0.25, 0.3) is 0 Å². The Morgan fingerprint density at radius 1 is 1.18 bits per heavy atom. The second kappa shape index (κ2) is 5.87. The molecular weight excluding hydrogens is 302 g/mol. The predicted molar refractivity (Wildman–Crippen MR) is 81.7 cm³/mol. The lowest BCUT2D eigenvalue weighted by Gasteiger charge is -2.11. The molecule has 7 heteroatoms. The van der Waals surface area contributed by atoms with Crippen molar-refractivity contribution in [1.82, 2.24) is 0 Å². The van der Waals surface area contributed by atoms with Crippen LogP contribution in [0.4, 0.5) is 5.69 Å². The SMILES string of the molecule is Cc1ccc(S(=O)(=O)Nc2ccc(C#N)cc2C(N)=O)cc1. The number of rotatable bonds is 4. The van der Waals surface area contributed by atoms with Crippen LogP contribution in [0.2, 0.25) is 0 Å². The van der Waals surface area contributed by atoms with Crippen LogP contribution >= 0.6 is 0 Å². The number of hydrogen-bond acceptors (Lipinski definition) is 4. The summed E-state index contributed by atoms with van der Waals surface area (Å²) in [6.45, 7) is 1.84. The van der Waals surface area contributed by atoms with Crippen molar-refractivity contribution < 1.29 is 13.2 Å². The van der Waals surface area contributed by atoms with E-state index in [1.807, 2.05) is 13.0 Å². The van der Waals surface area contributed by atoms with Gasteiger partial charge in [0.1, 0.15) is 0 Å². The Kier molecular flexibility index (Phi) is 4.15. The fourth-order valence-corrected chi connectivity index (χ4v) is 2.91. The van der Waals surface area contributed by atoms with E-state index in [2.05, 4.69) is 4.72 Å². The smallest absolute Gasteiger partial charge is 0.261 e. The number of hydrogen-bond donors (Lipinski definition) is 2. The number of carbonyl (C=O) groups excluding carboxylic acids is 1. The third-order valence-corrected chi connectivity index (χ3v) is 4.37. The summed E-state index contributed by atoms with van der Waals surface area (Å²) in [7, 11) is -3.85. The Morgan fingerprint density at radius 3 is 2.36 bits per heavy atom. The van der Waals surface area contributed by atoms with Crippen molar-refractivity contribution in [2.24, 2.45) is 5.73 Å². The molecule has 0 saturated carbocycles. The van der Waals surface area contributed by atoms with E-state index in [4.69, 9.17) is 11.0 Å². The number of benzene rings is 2. The number of anilines is 1. The third-order valence-electron chi connectivity index (χ3n) is 2.99. The Bertz CT molecular complexity index is 866. The number of amides is 1. The molecule has 0 radical (unpaired) electrons. The van der Waals surface area contributed by atoms with E-state index in [0.717, 1.165) is 5.56 Å². The molecule has 0 aliphatic carbocycles. The first kappa shape index (κ1) is 15.5. The van der Waals surface area contributed by atoms with Crippen LogP contribution in [0.5, 0.6) is 0 Å². The molecule has 0 aromatic heterocycles. The van der Waals surface area contributed by atoms with Crippen molar-refractivity contribution in [2.45, 2.75) is 11.8 Å². The zero-order valence-electron chi connectivity index (χ0n) is 11.7. The highest BCUT2D eigenvalue weighted by atomic mass is 32.2. The number of aryl methyl sites for hydroxylation is 1. The van der Waals surface area contributed by atoms with Gasteiger partial charge in [0.05, 0.1) is 27.8 Å².